The number of carbonyl (C=O) groups excluding carboxylic acids is 2. The summed E-state index contributed by atoms with van der Waals surface area (Å²) in [5.74, 6) is -1.000. The van der Waals surface area contributed by atoms with Crippen molar-refractivity contribution in [1.29, 1.82) is 0 Å². The van der Waals surface area contributed by atoms with Crippen LogP contribution in [0.4, 0.5) is 0 Å². The molecule has 1 aliphatic heterocycles. The first kappa shape index (κ1) is 20.0. The predicted molar refractivity (Wildman–Crippen MR) is 100 cm³/mol. The van der Waals surface area contributed by atoms with Crippen LogP contribution in [0.3, 0.4) is 0 Å². The smallest absolute Gasteiger partial charge is 0.336 e. The number of ether oxygens (including phenoxy) is 3. The lowest BCUT2D eigenvalue weighted by atomic mass is 10.0. The maximum atomic E-state index is 12.0. The van der Waals surface area contributed by atoms with Crippen LogP contribution >= 0.6 is 0 Å². The molecule has 0 unspecified atom stereocenters. The van der Waals surface area contributed by atoms with Crippen molar-refractivity contribution in [2.24, 2.45) is 0 Å². The lowest BCUT2D eigenvalue weighted by Gasteiger charge is -2.31. The number of hydrogen-bond acceptors (Lipinski definition) is 8. The molecule has 1 aromatic heterocycles. The third-order valence-corrected chi connectivity index (χ3v) is 4.66. The average molecular weight is 389 g/mol. The van der Waals surface area contributed by atoms with Crippen LogP contribution in [0.1, 0.15) is 32.3 Å². The Morgan fingerprint density at radius 1 is 1.07 bits per heavy atom. The first-order chi connectivity index (χ1) is 13.4. The van der Waals surface area contributed by atoms with Crippen molar-refractivity contribution in [3.8, 4) is 11.5 Å². The van der Waals surface area contributed by atoms with Crippen molar-refractivity contribution in [2.75, 3.05) is 20.2 Å². The Morgan fingerprint density at radius 3 is 2.25 bits per heavy atom. The van der Waals surface area contributed by atoms with E-state index in [9.17, 15) is 14.4 Å². The SMILES string of the molecule is COC1CCN(Cc2cc(=O)oc3cc(OC(C)=O)c(OC(C)=O)cc23)CC1. The molecule has 8 nitrogen and oxygen atoms in total. The third-order valence-electron chi connectivity index (χ3n) is 4.66. The minimum Gasteiger partial charge on any atom is -0.423 e. The van der Waals surface area contributed by atoms with Crippen LogP contribution in [-0.2, 0) is 20.9 Å². The number of likely N-dealkylation sites (tertiary alicyclic amines) is 1. The largest absolute Gasteiger partial charge is 0.423 e. The van der Waals surface area contributed by atoms with Crippen molar-refractivity contribution in [1.82, 2.24) is 4.90 Å². The summed E-state index contributed by atoms with van der Waals surface area (Å²) in [5, 5.41) is 0.626. The summed E-state index contributed by atoms with van der Waals surface area (Å²) in [6, 6.07) is 4.40. The van der Waals surface area contributed by atoms with Crippen LogP contribution in [0, 0.1) is 0 Å². The highest BCUT2D eigenvalue weighted by Gasteiger charge is 2.21. The number of fused-ring (bicyclic) bond motifs is 1. The van der Waals surface area contributed by atoms with Crippen LogP contribution in [0.25, 0.3) is 11.0 Å². The lowest BCUT2D eigenvalue weighted by molar-refractivity contribution is -0.134. The Morgan fingerprint density at radius 2 is 1.68 bits per heavy atom. The Labute approximate surface area is 162 Å². The molecule has 0 spiro atoms. The van der Waals surface area contributed by atoms with Gasteiger partial charge in [-0.2, -0.15) is 0 Å². The molecule has 1 fully saturated rings. The highest BCUT2D eigenvalue weighted by Crippen LogP contribution is 2.34. The molecular formula is C20H23NO7. The van der Waals surface area contributed by atoms with E-state index in [0.29, 0.717) is 11.9 Å². The van der Waals surface area contributed by atoms with Crippen LogP contribution < -0.4 is 15.1 Å². The Kier molecular flexibility index (Phi) is 6.11. The van der Waals surface area contributed by atoms with Gasteiger partial charge < -0.3 is 18.6 Å². The minimum atomic E-state index is -0.577. The molecule has 1 saturated heterocycles. The van der Waals surface area contributed by atoms with Gasteiger partial charge in [-0.3, -0.25) is 14.5 Å². The van der Waals surface area contributed by atoms with Gasteiger partial charge in [0.15, 0.2) is 11.5 Å². The van der Waals surface area contributed by atoms with E-state index in [2.05, 4.69) is 4.90 Å². The van der Waals surface area contributed by atoms with Gasteiger partial charge in [0.25, 0.3) is 0 Å². The molecule has 0 bridgehead atoms. The molecule has 0 N–H and O–H groups in total. The van der Waals surface area contributed by atoms with Crippen molar-refractivity contribution < 1.29 is 28.2 Å². The first-order valence-electron chi connectivity index (χ1n) is 9.08. The number of piperidine rings is 1. The monoisotopic (exact) mass is 389 g/mol. The zero-order chi connectivity index (χ0) is 20.3. The molecule has 0 atom stereocenters. The fourth-order valence-electron chi connectivity index (χ4n) is 3.38. The topological polar surface area (TPSA) is 95.3 Å². The molecule has 28 heavy (non-hydrogen) atoms. The maximum Gasteiger partial charge on any atom is 0.336 e. The summed E-state index contributed by atoms with van der Waals surface area (Å²) >= 11 is 0. The van der Waals surface area contributed by atoms with Gasteiger partial charge in [-0.25, -0.2) is 4.79 Å². The molecule has 1 aliphatic rings. The standard InChI is InChI=1S/C20H23NO7/c1-12(22)26-18-9-16-14(11-21-6-4-15(25-3)5-7-21)8-20(24)28-17(16)10-19(18)27-13(2)23/h8-10,15H,4-7,11H2,1-3H3. The summed E-state index contributed by atoms with van der Waals surface area (Å²) < 4.78 is 21.0. The fourth-order valence-corrected chi connectivity index (χ4v) is 3.38. The second kappa shape index (κ2) is 8.53. The van der Waals surface area contributed by atoms with Gasteiger partial charge in [-0.1, -0.05) is 0 Å². The van der Waals surface area contributed by atoms with Gasteiger partial charge in [0.2, 0.25) is 0 Å². The molecule has 0 radical (unpaired) electrons. The van der Waals surface area contributed by atoms with Crippen LogP contribution in [0.5, 0.6) is 11.5 Å². The second-order valence-corrected chi connectivity index (χ2v) is 6.78. The van der Waals surface area contributed by atoms with E-state index in [0.717, 1.165) is 31.5 Å². The van der Waals surface area contributed by atoms with Gasteiger partial charge in [-0.05, 0) is 24.5 Å². The normalized spacial score (nSPS) is 15.5. The van der Waals surface area contributed by atoms with Crippen molar-refractivity contribution >= 4 is 22.9 Å². The zero-order valence-corrected chi connectivity index (χ0v) is 16.1. The summed E-state index contributed by atoms with van der Waals surface area (Å²) in [5.41, 5.74) is 0.523. The maximum absolute atomic E-state index is 12.0. The second-order valence-electron chi connectivity index (χ2n) is 6.78. The van der Waals surface area contributed by atoms with Gasteiger partial charge in [0, 0.05) is 58.1 Å². The van der Waals surface area contributed by atoms with E-state index in [1.165, 1.54) is 26.0 Å². The quantitative estimate of drug-likeness (QED) is 0.437. The van der Waals surface area contributed by atoms with Crippen molar-refractivity contribution in [3.05, 3.63) is 34.2 Å². The summed E-state index contributed by atoms with van der Waals surface area (Å²) in [6.07, 6.45) is 2.10. The summed E-state index contributed by atoms with van der Waals surface area (Å²) in [6.45, 7) is 4.74. The number of nitrogens with zero attached hydrogens (tertiary/aromatic N) is 1. The van der Waals surface area contributed by atoms with E-state index < -0.39 is 17.6 Å². The number of esters is 2. The van der Waals surface area contributed by atoms with Crippen molar-refractivity contribution in [3.63, 3.8) is 0 Å². The van der Waals surface area contributed by atoms with E-state index in [1.54, 1.807) is 13.2 Å². The highest BCUT2D eigenvalue weighted by molar-refractivity contribution is 5.86. The van der Waals surface area contributed by atoms with Gasteiger partial charge in [-0.15, -0.1) is 0 Å². The van der Waals surface area contributed by atoms with Crippen LogP contribution in [0.2, 0.25) is 0 Å². The molecular weight excluding hydrogens is 366 g/mol. The Bertz CT molecular complexity index is 941. The first-order valence-corrected chi connectivity index (χ1v) is 9.08. The summed E-state index contributed by atoms with van der Waals surface area (Å²) in [4.78, 5) is 37.1. The summed E-state index contributed by atoms with van der Waals surface area (Å²) in [7, 11) is 1.72. The van der Waals surface area contributed by atoms with Crippen LogP contribution in [0.15, 0.2) is 27.4 Å². The highest BCUT2D eigenvalue weighted by atomic mass is 16.6. The third kappa shape index (κ3) is 4.76. The van der Waals surface area contributed by atoms with E-state index >= 15 is 0 Å². The molecule has 0 aliphatic carbocycles. The number of methoxy groups -OCH3 is 1. The Balaban J connectivity index is 1.99. The van der Waals surface area contributed by atoms with Gasteiger partial charge in [0.05, 0.1) is 6.10 Å². The van der Waals surface area contributed by atoms with E-state index in [4.69, 9.17) is 18.6 Å². The van der Waals surface area contributed by atoms with Gasteiger partial charge in [0.1, 0.15) is 5.58 Å². The molecule has 0 amide bonds. The molecule has 0 saturated carbocycles. The zero-order valence-electron chi connectivity index (χ0n) is 16.1. The van der Waals surface area contributed by atoms with Crippen LogP contribution in [-0.4, -0.2) is 43.1 Å². The molecule has 8 heteroatoms. The Hall–Kier alpha value is -2.71. The lowest BCUT2D eigenvalue weighted by Crippen LogP contribution is -2.36. The number of hydrogen-bond donors (Lipinski definition) is 0. The molecule has 3 rings (SSSR count). The fraction of sp³-hybridized carbons (Fsp3) is 0.450. The molecule has 2 aromatic rings. The van der Waals surface area contributed by atoms with Crippen molar-refractivity contribution in [2.45, 2.75) is 39.3 Å². The van der Waals surface area contributed by atoms with Gasteiger partial charge >= 0.3 is 17.6 Å². The van der Waals surface area contributed by atoms with E-state index in [1.807, 2.05) is 0 Å². The number of rotatable bonds is 5. The van der Waals surface area contributed by atoms with E-state index in [-0.39, 0.29) is 23.2 Å². The number of benzene rings is 1. The predicted octanol–water partition coefficient (Wildman–Crippen LogP) is 2.25. The molecule has 2 heterocycles. The molecule has 1 aromatic carbocycles. The molecule has 150 valence electrons. The number of carbonyl (C=O) groups is 2. The average Bonchev–Trinajstić information content (AvgIpc) is 2.62. The minimum absolute atomic E-state index is 0.0245.